The van der Waals surface area contributed by atoms with Crippen LogP contribution >= 0.6 is 46.1 Å². The molecule has 1 aromatic heterocycles. The third-order valence-corrected chi connectivity index (χ3v) is 3.79. The van der Waals surface area contributed by atoms with Crippen LogP contribution in [0.1, 0.15) is 12.5 Å². The first-order valence-corrected chi connectivity index (χ1v) is 7.13. The molecule has 0 saturated heterocycles. The molecule has 0 unspecified atom stereocenters. The number of anilines is 1. The molecule has 18 heavy (non-hydrogen) atoms. The summed E-state index contributed by atoms with van der Waals surface area (Å²) in [7, 11) is 0. The molecule has 3 nitrogen and oxygen atoms in total. The van der Waals surface area contributed by atoms with Gasteiger partial charge in [0.25, 0.3) is 9.70 Å². The minimum Gasteiger partial charge on any atom is -0.298 e. The van der Waals surface area contributed by atoms with Crippen molar-refractivity contribution >= 4 is 67.4 Å². The summed E-state index contributed by atoms with van der Waals surface area (Å²) in [5.41, 5.74) is 2.03. The van der Waals surface area contributed by atoms with E-state index in [-0.39, 0.29) is 0 Å². The summed E-state index contributed by atoms with van der Waals surface area (Å²) in [4.78, 5) is 15.7. The molecule has 0 atom stereocenters. The zero-order valence-corrected chi connectivity index (χ0v) is 12.4. The maximum atomic E-state index is 11.5. The van der Waals surface area contributed by atoms with Crippen LogP contribution in [0.15, 0.2) is 18.2 Å². The van der Waals surface area contributed by atoms with E-state index in [9.17, 15) is 4.79 Å². The highest BCUT2D eigenvalue weighted by molar-refractivity contribution is 7.22. The van der Waals surface area contributed by atoms with Crippen molar-refractivity contribution in [3.63, 3.8) is 0 Å². The number of carbonyl (C=O) groups excluding carboxylic acids is 1. The first kappa shape index (κ1) is 13.9. The maximum Gasteiger partial charge on any atom is 0.278 e. The Morgan fingerprint density at radius 3 is 2.78 bits per heavy atom. The van der Waals surface area contributed by atoms with Crippen LogP contribution in [-0.4, -0.2) is 14.7 Å². The topological polar surface area (TPSA) is 42.0 Å². The van der Waals surface area contributed by atoms with Crippen LogP contribution in [0.3, 0.4) is 0 Å². The van der Waals surface area contributed by atoms with Crippen molar-refractivity contribution in [3.8, 4) is 0 Å². The van der Waals surface area contributed by atoms with Crippen LogP contribution < -0.4 is 5.32 Å². The highest BCUT2D eigenvalue weighted by atomic mass is 35.6. The van der Waals surface area contributed by atoms with Crippen molar-refractivity contribution in [1.82, 2.24) is 4.98 Å². The highest BCUT2D eigenvalue weighted by Gasteiger charge is 2.31. The predicted molar refractivity (Wildman–Crippen MR) is 77.9 cm³/mol. The summed E-state index contributed by atoms with van der Waals surface area (Å²) in [5, 5.41) is 2.91. The molecule has 0 aliphatic rings. The van der Waals surface area contributed by atoms with Gasteiger partial charge in [-0.05, 0) is 24.1 Å². The zero-order valence-electron chi connectivity index (χ0n) is 9.34. The van der Waals surface area contributed by atoms with E-state index in [0.29, 0.717) is 5.13 Å². The van der Waals surface area contributed by atoms with E-state index in [1.54, 1.807) is 0 Å². The summed E-state index contributed by atoms with van der Waals surface area (Å²) in [6, 6.07) is 5.95. The molecule has 0 saturated carbocycles. The fraction of sp³-hybridized carbons (Fsp3) is 0.273. The van der Waals surface area contributed by atoms with Gasteiger partial charge in [-0.25, -0.2) is 4.98 Å². The largest absolute Gasteiger partial charge is 0.298 e. The number of hydrogen-bond acceptors (Lipinski definition) is 3. The molecular formula is C11H9Cl3N2OS. The molecule has 0 spiro atoms. The molecule has 2 rings (SSSR count). The average molecular weight is 324 g/mol. The van der Waals surface area contributed by atoms with Crippen LogP contribution in [0.2, 0.25) is 0 Å². The first-order chi connectivity index (χ1) is 8.40. The minimum atomic E-state index is -1.98. The lowest BCUT2D eigenvalue weighted by molar-refractivity contribution is -0.115. The van der Waals surface area contributed by atoms with E-state index >= 15 is 0 Å². The van der Waals surface area contributed by atoms with Crippen LogP contribution in [0.25, 0.3) is 10.2 Å². The number of nitrogens with zero attached hydrogens (tertiary/aromatic N) is 1. The van der Waals surface area contributed by atoms with Gasteiger partial charge in [0.05, 0.1) is 10.2 Å². The van der Waals surface area contributed by atoms with Gasteiger partial charge in [0.1, 0.15) is 0 Å². The summed E-state index contributed by atoms with van der Waals surface area (Å²) in [6.07, 6.45) is 0.948. The molecule has 0 radical (unpaired) electrons. The predicted octanol–water partition coefficient (Wildman–Crippen LogP) is 4.17. The minimum absolute atomic E-state index is 0.426. The number of halogens is 3. The monoisotopic (exact) mass is 322 g/mol. The number of alkyl halides is 3. The quantitative estimate of drug-likeness (QED) is 0.843. The van der Waals surface area contributed by atoms with Gasteiger partial charge in [0.2, 0.25) is 0 Å². The number of fused-ring (bicyclic) bond motifs is 1. The third-order valence-electron chi connectivity index (χ3n) is 2.34. The van der Waals surface area contributed by atoms with E-state index in [1.165, 1.54) is 16.9 Å². The fourth-order valence-electron chi connectivity index (χ4n) is 1.41. The second-order valence-electron chi connectivity index (χ2n) is 3.63. The molecule has 1 heterocycles. The van der Waals surface area contributed by atoms with Gasteiger partial charge < -0.3 is 0 Å². The van der Waals surface area contributed by atoms with Gasteiger partial charge in [0, 0.05) is 0 Å². The Bertz CT molecular complexity index is 591. The van der Waals surface area contributed by atoms with Crippen LogP contribution in [0, 0.1) is 0 Å². The molecular weight excluding hydrogens is 315 g/mol. The van der Waals surface area contributed by atoms with Crippen molar-refractivity contribution in [3.05, 3.63) is 23.8 Å². The molecule has 2 aromatic rings. The van der Waals surface area contributed by atoms with Gasteiger partial charge in [-0.15, -0.1) is 0 Å². The number of benzene rings is 1. The molecule has 0 fully saturated rings. The Hall–Kier alpha value is -0.550. The van der Waals surface area contributed by atoms with Crippen LogP contribution in [0.4, 0.5) is 5.13 Å². The van der Waals surface area contributed by atoms with E-state index in [1.807, 2.05) is 18.2 Å². The standard InChI is InChI=1S/C11H9Cl3N2OS/c1-2-6-3-4-7-8(5-6)18-10(15-7)16-9(17)11(12,13)14/h3-5H,2H2,1H3,(H,15,16,17). The van der Waals surface area contributed by atoms with Gasteiger partial charge in [-0.2, -0.15) is 0 Å². The Morgan fingerprint density at radius 1 is 1.44 bits per heavy atom. The smallest absolute Gasteiger partial charge is 0.278 e. The molecule has 1 N–H and O–H groups in total. The maximum absolute atomic E-state index is 11.5. The molecule has 1 aromatic carbocycles. The third kappa shape index (κ3) is 3.06. The summed E-state index contributed by atoms with van der Waals surface area (Å²) >= 11 is 17.8. The molecule has 0 aliphatic heterocycles. The fourth-order valence-corrected chi connectivity index (χ4v) is 2.48. The van der Waals surface area contributed by atoms with Gasteiger partial charge in [-0.3, -0.25) is 10.1 Å². The number of thiazole rings is 1. The van der Waals surface area contributed by atoms with Gasteiger partial charge >= 0.3 is 0 Å². The van der Waals surface area contributed by atoms with Crippen molar-refractivity contribution < 1.29 is 4.79 Å². The van der Waals surface area contributed by atoms with Crippen LogP contribution in [-0.2, 0) is 11.2 Å². The first-order valence-electron chi connectivity index (χ1n) is 5.18. The van der Waals surface area contributed by atoms with Crippen LogP contribution in [0.5, 0.6) is 0 Å². The van der Waals surface area contributed by atoms with E-state index < -0.39 is 9.70 Å². The van der Waals surface area contributed by atoms with E-state index in [2.05, 4.69) is 17.2 Å². The van der Waals surface area contributed by atoms with Gasteiger partial charge in [0.15, 0.2) is 5.13 Å². The summed E-state index contributed by atoms with van der Waals surface area (Å²) in [6.45, 7) is 2.08. The number of carbonyl (C=O) groups is 1. The number of nitrogens with one attached hydrogen (secondary N) is 1. The highest BCUT2D eigenvalue weighted by Crippen LogP contribution is 2.31. The van der Waals surface area contributed by atoms with Crippen molar-refractivity contribution in [1.29, 1.82) is 0 Å². The second kappa shape index (κ2) is 5.21. The SMILES string of the molecule is CCc1ccc2nc(NC(=O)C(Cl)(Cl)Cl)sc2c1. The van der Waals surface area contributed by atoms with E-state index in [0.717, 1.165) is 16.6 Å². The molecule has 0 bridgehead atoms. The summed E-state index contributed by atoms with van der Waals surface area (Å²) < 4.78 is -0.985. The number of hydrogen-bond donors (Lipinski definition) is 1. The molecule has 0 aliphatic carbocycles. The van der Waals surface area contributed by atoms with Crippen molar-refractivity contribution in [2.24, 2.45) is 0 Å². The Kier molecular flexibility index (Phi) is 4.02. The summed E-state index contributed by atoms with van der Waals surface area (Å²) in [5.74, 6) is -0.706. The lowest BCUT2D eigenvalue weighted by Crippen LogP contribution is -2.26. The Balaban J connectivity index is 2.28. The molecule has 7 heteroatoms. The Morgan fingerprint density at radius 2 is 2.17 bits per heavy atom. The van der Waals surface area contributed by atoms with Crippen molar-refractivity contribution in [2.45, 2.75) is 17.1 Å². The number of aryl methyl sites for hydroxylation is 1. The molecule has 1 amide bonds. The Labute approximate surface area is 123 Å². The number of rotatable bonds is 2. The number of amides is 1. The molecule has 96 valence electrons. The zero-order chi connectivity index (χ0) is 13.3. The lowest BCUT2D eigenvalue weighted by atomic mass is 10.2. The number of aromatic nitrogens is 1. The lowest BCUT2D eigenvalue weighted by Gasteiger charge is -2.08. The van der Waals surface area contributed by atoms with E-state index in [4.69, 9.17) is 34.8 Å². The van der Waals surface area contributed by atoms with Crippen molar-refractivity contribution in [2.75, 3.05) is 5.32 Å². The average Bonchev–Trinajstić information content (AvgIpc) is 2.68. The van der Waals surface area contributed by atoms with Gasteiger partial charge in [-0.1, -0.05) is 59.1 Å². The normalized spacial score (nSPS) is 11.8. The second-order valence-corrected chi connectivity index (χ2v) is 6.94.